The molecule has 1 aliphatic heterocycles. The van der Waals surface area contributed by atoms with Gasteiger partial charge in [-0.3, -0.25) is 18.7 Å². The number of halogens is 3. The van der Waals surface area contributed by atoms with Crippen LogP contribution in [-0.2, 0) is 20.3 Å². The number of hydrogen-bond donors (Lipinski definition) is 1. The van der Waals surface area contributed by atoms with E-state index in [9.17, 15) is 27.6 Å². The first kappa shape index (κ1) is 20.9. The highest BCUT2D eigenvalue weighted by atomic mass is 19.4. The molecule has 1 N–H and O–H groups in total. The van der Waals surface area contributed by atoms with Crippen LogP contribution in [0.5, 0.6) is 0 Å². The van der Waals surface area contributed by atoms with Crippen LogP contribution in [0.1, 0.15) is 40.6 Å². The Morgan fingerprint density at radius 1 is 1.16 bits per heavy atom. The Labute approximate surface area is 173 Å². The van der Waals surface area contributed by atoms with Gasteiger partial charge in [0.25, 0.3) is 11.5 Å². The number of hydrogen-bond acceptors (Lipinski definition) is 4. The maximum Gasteiger partial charge on any atom is 0.433 e. The van der Waals surface area contributed by atoms with Gasteiger partial charge >= 0.3 is 11.9 Å². The van der Waals surface area contributed by atoms with E-state index in [2.05, 4.69) is 9.97 Å². The van der Waals surface area contributed by atoms with Gasteiger partial charge in [-0.1, -0.05) is 0 Å². The third kappa shape index (κ3) is 3.75. The van der Waals surface area contributed by atoms with Gasteiger partial charge in [0.1, 0.15) is 11.4 Å². The summed E-state index contributed by atoms with van der Waals surface area (Å²) in [5, 5.41) is 0. The highest BCUT2D eigenvalue weighted by Gasteiger charge is 2.33. The Balaban J connectivity index is 1.61. The first-order valence-electron chi connectivity index (χ1n) is 9.69. The van der Waals surface area contributed by atoms with E-state index in [1.165, 1.54) is 20.2 Å². The van der Waals surface area contributed by atoms with Gasteiger partial charge in [-0.15, -0.1) is 0 Å². The van der Waals surface area contributed by atoms with Crippen molar-refractivity contribution in [3.8, 4) is 0 Å². The summed E-state index contributed by atoms with van der Waals surface area (Å²) in [6, 6.07) is 4.99. The molecule has 0 unspecified atom stereocenters. The number of fused-ring (bicyclic) bond motifs is 1. The highest BCUT2D eigenvalue weighted by molar-refractivity contribution is 5.92. The average Bonchev–Trinajstić information content (AvgIpc) is 3.17. The number of rotatable bonds is 2. The van der Waals surface area contributed by atoms with Gasteiger partial charge in [-0.2, -0.15) is 13.2 Å². The van der Waals surface area contributed by atoms with Crippen LogP contribution < -0.4 is 11.2 Å². The molecule has 0 bridgehead atoms. The zero-order valence-corrected chi connectivity index (χ0v) is 16.9. The number of aromatic amines is 1. The fourth-order valence-corrected chi connectivity index (χ4v) is 3.92. The number of pyridine rings is 1. The van der Waals surface area contributed by atoms with Crippen molar-refractivity contribution in [2.45, 2.75) is 24.9 Å². The van der Waals surface area contributed by atoms with Gasteiger partial charge in [0, 0.05) is 44.9 Å². The molecule has 1 fully saturated rings. The van der Waals surface area contributed by atoms with Crippen LogP contribution in [0.15, 0.2) is 33.9 Å². The number of piperidine rings is 1. The van der Waals surface area contributed by atoms with E-state index >= 15 is 0 Å². The minimum absolute atomic E-state index is 0.00174. The van der Waals surface area contributed by atoms with Crippen molar-refractivity contribution in [2.24, 2.45) is 14.1 Å². The Bertz CT molecular complexity index is 1290. The normalized spacial score (nSPS) is 17.3. The first-order valence-corrected chi connectivity index (χ1v) is 9.69. The van der Waals surface area contributed by atoms with Crippen molar-refractivity contribution >= 4 is 16.9 Å². The quantitative estimate of drug-likeness (QED) is 0.667. The van der Waals surface area contributed by atoms with Crippen LogP contribution in [0, 0.1) is 0 Å². The molecule has 0 radical (unpaired) electrons. The van der Waals surface area contributed by atoms with Crippen LogP contribution in [-0.4, -0.2) is 43.0 Å². The standard InChI is InChI=1S/C20H20F3N5O3/c1-26-15(9-17(29)27(2)19(26)31)18(30)28-7-3-4-11(10-28)13-8-14-12(24-13)5-6-16(25-14)20(21,22)23/h5-6,8-9,11,24H,3-4,7,10H2,1-2H3/t11-/m0/s1. The van der Waals surface area contributed by atoms with E-state index in [0.29, 0.717) is 30.7 Å². The summed E-state index contributed by atoms with van der Waals surface area (Å²) in [5.74, 6) is -0.569. The van der Waals surface area contributed by atoms with E-state index in [4.69, 9.17) is 0 Å². The second-order valence-corrected chi connectivity index (χ2v) is 7.71. The summed E-state index contributed by atoms with van der Waals surface area (Å²) >= 11 is 0. The molecule has 1 saturated heterocycles. The van der Waals surface area contributed by atoms with Gasteiger partial charge < -0.3 is 9.88 Å². The number of aromatic nitrogens is 4. The third-order valence-corrected chi connectivity index (χ3v) is 5.68. The highest BCUT2D eigenvalue weighted by Crippen LogP contribution is 2.32. The molecule has 1 amide bonds. The van der Waals surface area contributed by atoms with Crippen molar-refractivity contribution in [3.63, 3.8) is 0 Å². The molecule has 0 aliphatic carbocycles. The molecule has 0 aromatic carbocycles. The van der Waals surface area contributed by atoms with E-state index in [1.807, 2.05) is 0 Å². The Morgan fingerprint density at radius 3 is 2.61 bits per heavy atom. The topological polar surface area (TPSA) is 93.0 Å². The number of alkyl halides is 3. The summed E-state index contributed by atoms with van der Waals surface area (Å²) in [4.78, 5) is 45.5. The number of amides is 1. The van der Waals surface area contributed by atoms with Gasteiger partial charge in [-0.05, 0) is 31.0 Å². The van der Waals surface area contributed by atoms with Crippen molar-refractivity contribution < 1.29 is 18.0 Å². The Morgan fingerprint density at radius 2 is 1.90 bits per heavy atom. The summed E-state index contributed by atoms with van der Waals surface area (Å²) < 4.78 is 40.8. The van der Waals surface area contributed by atoms with E-state index < -0.39 is 29.0 Å². The molecule has 31 heavy (non-hydrogen) atoms. The number of carbonyl (C=O) groups excluding carboxylic acids is 1. The summed E-state index contributed by atoms with van der Waals surface area (Å²) in [6.45, 7) is 0.761. The van der Waals surface area contributed by atoms with E-state index in [0.717, 1.165) is 27.7 Å². The number of likely N-dealkylation sites (tertiary alicyclic amines) is 1. The monoisotopic (exact) mass is 435 g/mol. The lowest BCUT2D eigenvalue weighted by atomic mass is 9.94. The third-order valence-electron chi connectivity index (χ3n) is 5.68. The maximum absolute atomic E-state index is 13.0. The second kappa shape index (κ2) is 7.40. The lowest BCUT2D eigenvalue weighted by Crippen LogP contribution is -2.44. The number of nitrogens with zero attached hydrogens (tertiary/aromatic N) is 4. The van der Waals surface area contributed by atoms with Crippen LogP contribution in [0.25, 0.3) is 11.0 Å². The minimum atomic E-state index is -4.53. The fourth-order valence-electron chi connectivity index (χ4n) is 3.92. The molecule has 164 valence electrons. The Hall–Kier alpha value is -3.37. The van der Waals surface area contributed by atoms with Crippen molar-refractivity contribution in [1.82, 2.24) is 24.0 Å². The average molecular weight is 435 g/mol. The molecule has 4 heterocycles. The predicted molar refractivity (Wildman–Crippen MR) is 106 cm³/mol. The molecule has 8 nitrogen and oxygen atoms in total. The molecule has 3 aromatic rings. The lowest BCUT2D eigenvalue weighted by Gasteiger charge is -2.32. The van der Waals surface area contributed by atoms with Crippen LogP contribution in [0.3, 0.4) is 0 Å². The molecule has 1 atom stereocenters. The zero-order chi connectivity index (χ0) is 22.5. The molecule has 4 rings (SSSR count). The first-order chi connectivity index (χ1) is 14.6. The predicted octanol–water partition coefficient (Wildman–Crippen LogP) is 2.00. The largest absolute Gasteiger partial charge is 0.433 e. The van der Waals surface area contributed by atoms with E-state index in [-0.39, 0.29) is 17.1 Å². The molecular weight excluding hydrogens is 415 g/mol. The summed E-state index contributed by atoms with van der Waals surface area (Å²) in [7, 11) is 2.77. The maximum atomic E-state index is 13.0. The van der Waals surface area contributed by atoms with Crippen molar-refractivity contribution in [1.29, 1.82) is 0 Å². The summed E-state index contributed by atoms with van der Waals surface area (Å²) in [5.41, 5.74) is -0.729. The minimum Gasteiger partial charge on any atom is -0.357 e. The molecular formula is C20H20F3N5O3. The smallest absolute Gasteiger partial charge is 0.357 e. The van der Waals surface area contributed by atoms with Gasteiger partial charge in [-0.25, -0.2) is 9.78 Å². The molecule has 11 heteroatoms. The zero-order valence-electron chi connectivity index (χ0n) is 16.9. The van der Waals surface area contributed by atoms with E-state index in [1.54, 1.807) is 11.0 Å². The molecule has 3 aromatic heterocycles. The van der Waals surface area contributed by atoms with Crippen molar-refractivity contribution in [3.05, 3.63) is 62.2 Å². The van der Waals surface area contributed by atoms with Gasteiger partial charge in [0.05, 0.1) is 11.0 Å². The van der Waals surface area contributed by atoms with Gasteiger partial charge in [0.15, 0.2) is 0 Å². The number of H-pyrrole nitrogens is 1. The lowest BCUT2D eigenvalue weighted by molar-refractivity contribution is -0.140. The second-order valence-electron chi connectivity index (χ2n) is 7.71. The summed E-state index contributed by atoms with van der Waals surface area (Å²) in [6.07, 6.45) is -3.12. The van der Waals surface area contributed by atoms with Gasteiger partial charge in [0.2, 0.25) is 0 Å². The SMILES string of the molecule is Cn1c(C(=O)N2CCC[C@H](c3cc4nc(C(F)(F)F)ccc4[nH]3)C2)cc(=O)n(C)c1=O. The van der Waals surface area contributed by atoms with Crippen LogP contribution in [0.2, 0.25) is 0 Å². The molecule has 0 spiro atoms. The van der Waals surface area contributed by atoms with Crippen LogP contribution in [0.4, 0.5) is 13.2 Å². The van der Waals surface area contributed by atoms with Crippen LogP contribution >= 0.6 is 0 Å². The Kier molecular flexibility index (Phi) is 4.98. The molecule has 1 aliphatic rings. The number of nitrogens with one attached hydrogen (secondary N) is 1. The van der Waals surface area contributed by atoms with Crippen molar-refractivity contribution in [2.75, 3.05) is 13.1 Å². The fraction of sp³-hybridized carbons (Fsp3) is 0.400. The number of carbonyl (C=O) groups is 1. The molecule has 0 saturated carbocycles.